The Bertz CT molecular complexity index is 3790. The van der Waals surface area contributed by atoms with Gasteiger partial charge in [0.15, 0.2) is 17.5 Å². The number of nitriles is 1. The second kappa shape index (κ2) is 14.0. The monoisotopic (exact) mass is 794 g/mol. The number of thiophene rings is 1. The molecule has 0 radical (unpaired) electrons. The summed E-state index contributed by atoms with van der Waals surface area (Å²) in [7, 11) is 0. The van der Waals surface area contributed by atoms with Crippen LogP contribution in [-0.2, 0) is 0 Å². The van der Waals surface area contributed by atoms with Gasteiger partial charge < -0.3 is 0 Å². The number of fused-ring (bicyclic) bond motifs is 9. The van der Waals surface area contributed by atoms with Crippen LogP contribution in [0.4, 0.5) is 0 Å². The zero-order chi connectivity index (χ0) is 40.4. The lowest BCUT2D eigenvalue weighted by atomic mass is 9.88. The smallest absolute Gasteiger partial charge is 0.164 e. The molecule has 282 valence electrons. The van der Waals surface area contributed by atoms with Gasteiger partial charge in [-0.1, -0.05) is 121 Å². The molecule has 0 aliphatic carbocycles. The van der Waals surface area contributed by atoms with Crippen LogP contribution in [0.1, 0.15) is 5.56 Å². The third kappa shape index (κ3) is 5.73. The van der Waals surface area contributed by atoms with Crippen LogP contribution in [0, 0.1) is 11.3 Å². The lowest BCUT2D eigenvalue weighted by Crippen LogP contribution is -2.00. The third-order valence-electron chi connectivity index (χ3n) is 11.6. The summed E-state index contributed by atoms with van der Waals surface area (Å²) in [6, 6.07) is 60.8. The van der Waals surface area contributed by atoms with E-state index in [1.165, 1.54) is 20.2 Å². The highest BCUT2D eigenvalue weighted by Crippen LogP contribution is 2.43. The predicted molar refractivity (Wildman–Crippen MR) is 250 cm³/mol. The Morgan fingerprint density at radius 3 is 1.69 bits per heavy atom. The van der Waals surface area contributed by atoms with E-state index in [1.807, 2.05) is 79.1 Å². The molecule has 6 nitrogen and oxygen atoms in total. The molecule has 0 atom stereocenters. The Labute approximate surface area is 353 Å². The van der Waals surface area contributed by atoms with Crippen LogP contribution in [0.5, 0.6) is 0 Å². The van der Waals surface area contributed by atoms with Crippen LogP contribution in [0.3, 0.4) is 0 Å². The quantitative estimate of drug-likeness (QED) is 0.161. The lowest BCUT2D eigenvalue weighted by molar-refractivity contribution is 1.07. The average molecular weight is 795 g/mol. The van der Waals surface area contributed by atoms with Crippen molar-refractivity contribution in [2.75, 3.05) is 0 Å². The number of pyridine rings is 2. The van der Waals surface area contributed by atoms with Crippen molar-refractivity contribution in [3.63, 3.8) is 0 Å². The van der Waals surface area contributed by atoms with Crippen LogP contribution < -0.4 is 0 Å². The molecule has 0 spiro atoms. The lowest BCUT2D eigenvalue weighted by Gasteiger charge is -2.16. The first-order valence-electron chi connectivity index (χ1n) is 20.0. The molecule has 0 aliphatic heterocycles. The molecule has 4 aromatic heterocycles. The van der Waals surface area contributed by atoms with Gasteiger partial charge in [-0.05, 0) is 75.8 Å². The van der Waals surface area contributed by atoms with Gasteiger partial charge in [0.05, 0.1) is 22.7 Å². The number of hydrogen-bond donors (Lipinski definition) is 0. The Hall–Kier alpha value is -8.18. The van der Waals surface area contributed by atoms with Crippen molar-refractivity contribution in [1.29, 1.82) is 5.26 Å². The summed E-state index contributed by atoms with van der Waals surface area (Å²) >= 11 is 1.78. The van der Waals surface area contributed by atoms with E-state index in [0.717, 1.165) is 82.3 Å². The maximum atomic E-state index is 9.92. The molecule has 4 heterocycles. The van der Waals surface area contributed by atoms with Gasteiger partial charge in [0.2, 0.25) is 0 Å². The van der Waals surface area contributed by atoms with Crippen LogP contribution in [0.25, 0.3) is 120 Å². The van der Waals surface area contributed by atoms with E-state index in [9.17, 15) is 5.26 Å². The first-order chi connectivity index (χ1) is 30.2. The highest BCUT2D eigenvalue weighted by molar-refractivity contribution is 7.25. The molecular formula is C54H30N6S. The van der Waals surface area contributed by atoms with E-state index >= 15 is 0 Å². The zero-order valence-corrected chi connectivity index (χ0v) is 33.2. The van der Waals surface area contributed by atoms with Gasteiger partial charge in [-0.3, -0.25) is 9.97 Å². The number of hydrogen-bond acceptors (Lipinski definition) is 7. The van der Waals surface area contributed by atoms with E-state index in [2.05, 4.69) is 109 Å². The fourth-order valence-electron chi connectivity index (χ4n) is 8.80. The Kier molecular flexibility index (Phi) is 7.98. The minimum atomic E-state index is 0.592. The molecule has 7 heteroatoms. The van der Waals surface area contributed by atoms with Crippen LogP contribution >= 0.6 is 11.3 Å². The summed E-state index contributed by atoms with van der Waals surface area (Å²) in [6.45, 7) is 0. The SMILES string of the molecule is N#Cc1ccc(-c2cc3c4cccnc4c(-c4cccc(-c5nc(-c6ccccc6)nc(-c6ccc7c(c6)sc6ccccc67)n5)c4)cc3c3cccnc23)c2ccccc12. The molecule has 8 aromatic carbocycles. The summed E-state index contributed by atoms with van der Waals surface area (Å²) in [5, 5.41) is 18.6. The number of nitrogens with zero attached hydrogens (tertiary/aromatic N) is 6. The highest BCUT2D eigenvalue weighted by atomic mass is 32.1. The summed E-state index contributed by atoms with van der Waals surface area (Å²) in [5.74, 6) is 1.83. The van der Waals surface area contributed by atoms with E-state index in [-0.39, 0.29) is 0 Å². The molecule has 61 heavy (non-hydrogen) atoms. The molecule has 0 fully saturated rings. The van der Waals surface area contributed by atoms with Gasteiger partial charge in [-0.25, -0.2) is 15.0 Å². The minimum Gasteiger partial charge on any atom is -0.256 e. The Balaban J connectivity index is 1.04. The Morgan fingerprint density at radius 2 is 0.934 bits per heavy atom. The second-order valence-corrected chi connectivity index (χ2v) is 16.2. The van der Waals surface area contributed by atoms with Crippen molar-refractivity contribution in [3.8, 4) is 62.5 Å². The normalized spacial score (nSPS) is 11.6. The Morgan fingerprint density at radius 1 is 0.361 bits per heavy atom. The fraction of sp³-hybridized carbons (Fsp3) is 0. The minimum absolute atomic E-state index is 0.592. The zero-order valence-electron chi connectivity index (χ0n) is 32.4. The first kappa shape index (κ1) is 34.8. The maximum Gasteiger partial charge on any atom is 0.164 e. The van der Waals surface area contributed by atoms with Crippen molar-refractivity contribution in [2.24, 2.45) is 0 Å². The van der Waals surface area contributed by atoms with Crippen molar-refractivity contribution in [2.45, 2.75) is 0 Å². The van der Waals surface area contributed by atoms with E-state index in [4.69, 9.17) is 24.9 Å². The molecule has 0 aliphatic rings. The molecule has 0 saturated carbocycles. The number of rotatable bonds is 5. The van der Waals surface area contributed by atoms with Crippen LogP contribution in [0.15, 0.2) is 182 Å². The van der Waals surface area contributed by atoms with Crippen molar-refractivity contribution in [3.05, 3.63) is 188 Å². The molecule has 0 unspecified atom stereocenters. The van der Waals surface area contributed by atoms with Crippen molar-refractivity contribution >= 4 is 74.9 Å². The highest BCUT2D eigenvalue weighted by Gasteiger charge is 2.19. The van der Waals surface area contributed by atoms with E-state index < -0.39 is 0 Å². The largest absolute Gasteiger partial charge is 0.256 e. The topological polar surface area (TPSA) is 88.2 Å². The van der Waals surface area contributed by atoms with Gasteiger partial charge in [-0.15, -0.1) is 11.3 Å². The number of aromatic nitrogens is 5. The molecule has 12 aromatic rings. The van der Waals surface area contributed by atoms with E-state index in [1.54, 1.807) is 11.3 Å². The van der Waals surface area contributed by atoms with E-state index in [0.29, 0.717) is 23.0 Å². The van der Waals surface area contributed by atoms with Crippen LogP contribution in [0.2, 0.25) is 0 Å². The first-order valence-corrected chi connectivity index (χ1v) is 20.9. The molecule has 12 rings (SSSR count). The summed E-state index contributed by atoms with van der Waals surface area (Å²) < 4.78 is 2.45. The fourth-order valence-corrected chi connectivity index (χ4v) is 9.94. The average Bonchev–Trinajstić information content (AvgIpc) is 3.71. The summed E-state index contributed by atoms with van der Waals surface area (Å²) in [4.78, 5) is 25.3. The van der Waals surface area contributed by atoms with Crippen molar-refractivity contribution < 1.29 is 0 Å². The molecule has 0 N–H and O–H groups in total. The third-order valence-corrected chi connectivity index (χ3v) is 12.8. The van der Waals surface area contributed by atoms with Gasteiger partial charge in [0.25, 0.3) is 0 Å². The van der Waals surface area contributed by atoms with Gasteiger partial charge in [0, 0.05) is 76.5 Å². The molecular weight excluding hydrogens is 765 g/mol. The van der Waals surface area contributed by atoms with Gasteiger partial charge in [0.1, 0.15) is 0 Å². The van der Waals surface area contributed by atoms with Crippen molar-refractivity contribution in [1.82, 2.24) is 24.9 Å². The summed E-state index contributed by atoms with van der Waals surface area (Å²) in [5.41, 5.74) is 9.21. The predicted octanol–water partition coefficient (Wildman–Crippen LogP) is 13.8. The maximum absolute atomic E-state index is 9.92. The van der Waals surface area contributed by atoms with Crippen LogP contribution in [-0.4, -0.2) is 24.9 Å². The van der Waals surface area contributed by atoms with Gasteiger partial charge >= 0.3 is 0 Å². The number of benzene rings is 8. The van der Waals surface area contributed by atoms with Gasteiger partial charge in [-0.2, -0.15) is 5.26 Å². The molecule has 0 bridgehead atoms. The molecule has 0 saturated heterocycles. The second-order valence-electron chi connectivity index (χ2n) is 15.1. The summed E-state index contributed by atoms with van der Waals surface area (Å²) in [6.07, 6.45) is 3.71. The molecule has 0 amide bonds. The standard InChI is InChI=1S/C54H30N6S/c55-31-36-22-23-39(38-16-5-4-15-37(36)38)47-30-46-42-18-9-25-56-50(42)44(29-45(46)43-19-10-26-57-51(43)47)33-13-8-14-34(27-33)53-58-52(32-11-2-1-3-12-32)59-54(60-53)35-21-24-41-40-17-6-7-20-48(40)61-49(41)28-35/h1-30H.